The molecule has 0 aromatic heterocycles. The summed E-state index contributed by atoms with van der Waals surface area (Å²) < 4.78 is 10.7. The van der Waals surface area contributed by atoms with E-state index in [2.05, 4.69) is 10.5 Å². The summed E-state index contributed by atoms with van der Waals surface area (Å²) in [5.41, 5.74) is 5.27. The van der Waals surface area contributed by atoms with Crippen LogP contribution in [0.3, 0.4) is 0 Å². The first-order valence-electron chi connectivity index (χ1n) is 9.50. The summed E-state index contributed by atoms with van der Waals surface area (Å²) in [6.45, 7) is 4.42. The van der Waals surface area contributed by atoms with Gasteiger partial charge in [-0.15, -0.1) is 0 Å². The quantitative estimate of drug-likeness (QED) is 0.275. The Hall–Kier alpha value is -3.93. The summed E-state index contributed by atoms with van der Waals surface area (Å²) >= 11 is 0. The second-order valence-electron chi connectivity index (χ2n) is 6.48. The van der Waals surface area contributed by atoms with Gasteiger partial charge in [-0.25, -0.2) is 10.2 Å². The first-order chi connectivity index (χ1) is 14.5. The molecule has 6 nitrogen and oxygen atoms in total. The van der Waals surface area contributed by atoms with Crippen LogP contribution in [0.4, 0.5) is 0 Å². The lowest BCUT2D eigenvalue weighted by atomic mass is 10.1. The van der Waals surface area contributed by atoms with Crippen molar-refractivity contribution >= 4 is 18.1 Å². The number of nitrogens with one attached hydrogen (secondary N) is 1. The maximum Gasteiger partial charge on any atom is 0.343 e. The van der Waals surface area contributed by atoms with Crippen LogP contribution < -0.4 is 14.9 Å². The Morgan fingerprint density at radius 3 is 2.10 bits per heavy atom. The zero-order valence-corrected chi connectivity index (χ0v) is 16.8. The number of nitrogens with zero attached hydrogens (tertiary/aromatic N) is 1. The summed E-state index contributed by atoms with van der Waals surface area (Å²) in [5, 5.41) is 3.96. The van der Waals surface area contributed by atoms with Gasteiger partial charge in [0.2, 0.25) is 0 Å². The molecule has 152 valence electrons. The standard InChI is InChI=1S/C24H22N2O4/c1-3-29-21-14-10-19(11-15-21)23(27)26-25-16-18-6-12-22(13-7-18)30-24(28)20-8-4-17(2)5-9-20/h4-16H,3H2,1-2H3,(H,26,27). The van der Waals surface area contributed by atoms with E-state index < -0.39 is 5.97 Å². The highest BCUT2D eigenvalue weighted by molar-refractivity contribution is 5.95. The molecule has 0 aliphatic heterocycles. The summed E-state index contributed by atoms with van der Waals surface area (Å²) in [6.07, 6.45) is 1.51. The number of amides is 1. The van der Waals surface area contributed by atoms with Gasteiger partial charge in [-0.1, -0.05) is 17.7 Å². The lowest BCUT2D eigenvalue weighted by Gasteiger charge is -2.05. The molecule has 0 fully saturated rings. The fourth-order valence-corrected chi connectivity index (χ4v) is 2.58. The van der Waals surface area contributed by atoms with Gasteiger partial charge in [-0.2, -0.15) is 5.10 Å². The van der Waals surface area contributed by atoms with E-state index in [0.717, 1.165) is 11.1 Å². The molecule has 0 bridgehead atoms. The molecule has 1 amide bonds. The Labute approximate surface area is 175 Å². The Kier molecular flexibility index (Phi) is 6.95. The predicted molar refractivity (Wildman–Crippen MR) is 115 cm³/mol. The maximum absolute atomic E-state index is 12.1. The molecule has 6 heteroatoms. The van der Waals surface area contributed by atoms with Gasteiger partial charge in [0.15, 0.2) is 0 Å². The third-order valence-electron chi connectivity index (χ3n) is 4.19. The molecule has 30 heavy (non-hydrogen) atoms. The van der Waals surface area contributed by atoms with Crippen molar-refractivity contribution in [3.8, 4) is 11.5 Å². The number of ether oxygens (including phenoxy) is 2. The molecule has 0 spiro atoms. The summed E-state index contributed by atoms with van der Waals surface area (Å²) in [5.74, 6) is 0.397. The van der Waals surface area contributed by atoms with Crippen molar-refractivity contribution in [2.24, 2.45) is 5.10 Å². The minimum absolute atomic E-state index is 0.321. The van der Waals surface area contributed by atoms with Gasteiger partial charge in [0.1, 0.15) is 11.5 Å². The fourth-order valence-electron chi connectivity index (χ4n) is 2.58. The van der Waals surface area contributed by atoms with E-state index >= 15 is 0 Å². The number of hydrogen-bond acceptors (Lipinski definition) is 5. The number of hydrogen-bond donors (Lipinski definition) is 1. The van der Waals surface area contributed by atoms with Crippen LogP contribution in [0.5, 0.6) is 11.5 Å². The molecule has 3 rings (SSSR count). The van der Waals surface area contributed by atoms with Gasteiger partial charge in [0.25, 0.3) is 5.91 Å². The maximum atomic E-state index is 12.1. The minimum atomic E-state index is -0.418. The number of hydrazone groups is 1. The van der Waals surface area contributed by atoms with Crippen LogP contribution in [0.15, 0.2) is 77.9 Å². The molecule has 1 N–H and O–H groups in total. The van der Waals surface area contributed by atoms with E-state index in [1.165, 1.54) is 6.21 Å². The van der Waals surface area contributed by atoms with Crippen molar-refractivity contribution in [1.82, 2.24) is 5.43 Å². The van der Waals surface area contributed by atoms with Gasteiger partial charge in [0, 0.05) is 5.56 Å². The Morgan fingerprint density at radius 2 is 1.47 bits per heavy atom. The number of rotatable bonds is 7. The van der Waals surface area contributed by atoms with Gasteiger partial charge < -0.3 is 9.47 Å². The first-order valence-corrected chi connectivity index (χ1v) is 9.50. The van der Waals surface area contributed by atoms with Crippen molar-refractivity contribution in [3.05, 3.63) is 95.1 Å². The van der Waals surface area contributed by atoms with Crippen molar-refractivity contribution in [1.29, 1.82) is 0 Å². The van der Waals surface area contributed by atoms with E-state index in [-0.39, 0.29) is 5.91 Å². The molecule has 0 atom stereocenters. The van der Waals surface area contributed by atoms with Gasteiger partial charge in [-0.3, -0.25) is 4.79 Å². The monoisotopic (exact) mass is 402 g/mol. The number of aryl methyl sites for hydroxylation is 1. The van der Waals surface area contributed by atoms with E-state index in [1.807, 2.05) is 26.0 Å². The third kappa shape index (κ3) is 5.78. The van der Waals surface area contributed by atoms with Crippen molar-refractivity contribution in [2.45, 2.75) is 13.8 Å². The summed E-state index contributed by atoms with van der Waals surface area (Å²) in [4.78, 5) is 24.3. The zero-order valence-electron chi connectivity index (χ0n) is 16.8. The summed E-state index contributed by atoms with van der Waals surface area (Å²) in [7, 11) is 0. The molecule has 0 radical (unpaired) electrons. The lowest BCUT2D eigenvalue weighted by Crippen LogP contribution is -2.17. The van der Waals surface area contributed by atoms with Crippen LogP contribution in [0, 0.1) is 6.92 Å². The average molecular weight is 402 g/mol. The highest BCUT2D eigenvalue weighted by Gasteiger charge is 2.08. The molecule has 0 saturated carbocycles. The number of carbonyl (C=O) groups is 2. The molecule has 0 heterocycles. The van der Waals surface area contributed by atoms with Crippen molar-refractivity contribution < 1.29 is 19.1 Å². The first kappa shape index (κ1) is 20.8. The van der Waals surface area contributed by atoms with E-state index in [9.17, 15) is 9.59 Å². The largest absolute Gasteiger partial charge is 0.494 e. The van der Waals surface area contributed by atoms with Gasteiger partial charge in [-0.05, 0) is 80.1 Å². The second-order valence-corrected chi connectivity index (χ2v) is 6.48. The third-order valence-corrected chi connectivity index (χ3v) is 4.19. The van der Waals surface area contributed by atoms with E-state index in [4.69, 9.17) is 9.47 Å². The predicted octanol–water partition coefficient (Wildman–Crippen LogP) is 4.38. The molecule has 0 unspecified atom stereocenters. The Morgan fingerprint density at radius 1 is 0.867 bits per heavy atom. The van der Waals surface area contributed by atoms with Crippen LogP contribution in [-0.2, 0) is 0 Å². The minimum Gasteiger partial charge on any atom is -0.494 e. The molecule has 0 saturated heterocycles. The average Bonchev–Trinajstić information content (AvgIpc) is 2.76. The second kappa shape index (κ2) is 10.0. The fraction of sp³-hybridized carbons (Fsp3) is 0.125. The van der Waals surface area contributed by atoms with Crippen LogP contribution in [0.25, 0.3) is 0 Å². The van der Waals surface area contributed by atoms with Crippen LogP contribution in [0.2, 0.25) is 0 Å². The highest BCUT2D eigenvalue weighted by atomic mass is 16.5. The summed E-state index contributed by atoms with van der Waals surface area (Å²) in [6, 6.07) is 20.8. The highest BCUT2D eigenvalue weighted by Crippen LogP contribution is 2.14. The topological polar surface area (TPSA) is 77.0 Å². The van der Waals surface area contributed by atoms with Gasteiger partial charge >= 0.3 is 5.97 Å². The Balaban J connectivity index is 1.53. The smallest absolute Gasteiger partial charge is 0.343 e. The van der Waals surface area contributed by atoms with Crippen molar-refractivity contribution in [3.63, 3.8) is 0 Å². The molecular formula is C24H22N2O4. The van der Waals surface area contributed by atoms with Crippen LogP contribution in [0.1, 0.15) is 38.8 Å². The molecule has 3 aromatic rings. The Bertz CT molecular complexity index is 1020. The molecule has 0 aliphatic rings. The number of benzene rings is 3. The van der Waals surface area contributed by atoms with E-state index in [0.29, 0.717) is 29.2 Å². The van der Waals surface area contributed by atoms with Crippen LogP contribution in [-0.4, -0.2) is 24.7 Å². The molecule has 0 aliphatic carbocycles. The SMILES string of the molecule is CCOc1ccc(C(=O)NN=Cc2ccc(OC(=O)c3ccc(C)cc3)cc2)cc1. The normalized spacial score (nSPS) is 10.6. The van der Waals surface area contributed by atoms with E-state index in [1.54, 1.807) is 60.7 Å². The van der Waals surface area contributed by atoms with Crippen molar-refractivity contribution in [2.75, 3.05) is 6.61 Å². The zero-order chi connectivity index (χ0) is 21.3. The molecular weight excluding hydrogens is 380 g/mol. The van der Waals surface area contributed by atoms with Crippen LogP contribution >= 0.6 is 0 Å². The van der Waals surface area contributed by atoms with Gasteiger partial charge in [0.05, 0.1) is 18.4 Å². The lowest BCUT2D eigenvalue weighted by molar-refractivity contribution is 0.0734. The number of esters is 1. The molecule has 3 aromatic carbocycles. The number of carbonyl (C=O) groups excluding carboxylic acids is 2.